The van der Waals surface area contributed by atoms with E-state index >= 15 is 0 Å². The second-order valence-corrected chi connectivity index (χ2v) is 6.94. The van der Waals surface area contributed by atoms with Gasteiger partial charge in [0.15, 0.2) is 5.78 Å². The van der Waals surface area contributed by atoms with E-state index in [2.05, 4.69) is 0 Å². The van der Waals surface area contributed by atoms with Crippen molar-refractivity contribution >= 4 is 28.9 Å². The zero-order chi connectivity index (χ0) is 18.1. The number of carbonyl (C=O) groups is 2. The Morgan fingerprint density at radius 1 is 1.15 bits per heavy atom. The Labute approximate surface area is 155 Å². The standard InChI is InChI=1S/C20H17ClO5/c21-13-5-3-12(4-6-13)16-11-25-18-10-14(7-8-15(18)19(16)22)26-20(23)17-2-1-9-24-17/h1-6,9,11,14-15,18H,7-8,10H2. The third kappa shape index (κ3) is 3.27. The molecule has 0 saturated heterocycles. The van der Waals surface area contributed by atoms with Crippen LogP contribution in [0, 0.1) is 5.92 Å². The molecule has 0 spiro atoms. The van der Waals surface area contributed by atoms with Gasteiger partial charge in [0.2, 0.25) is 5.76 Å². The van der Waals surface area contributed by atoms with Crippen molar-refractivity contribution in [3.8, 4) is 0 Å². The van der Waals surface area contributed by atoms with Crippen LogP contribution in [0.4, 0.5) is 0 Å². The first kappa shape index (κ1) is 16.9. The maximum Gasteiger partial charge on any atom is 0.374 e. The van der Waals surface area contributed by atoms with Crippen molar-refractivity contribution in [1.82, 2.24) is 0 Å². The SMILES string of the molecule is O=C(OC1CCC2C(=O)C(c3ccc(Cl)cc3)=COC2C1)c1ccco1. The molecule has 2 aromatic rings. The second kappa shape index (κ2) is 7.00. The van der Waals surface area contributed by atoms with Crippen molar-refractivity contribution in [3.63, 3.8) is 0 Å². The van der Waals surface area contributed by atoms with E-state index in [0.29, 0.717) is 29.9 Å². The number of benzene rings is 1. The number of fused-ring (bicyclic) bond motifs is 1. The van der Waals surface area contributed by atoms with E-state index in [0.717, 1.165) is 5.56 Å². The summed E-state index contributed by atoms with van der Waals surface area (Å²) in [5.41, 5.74) is 1.36. The summed E-state index contributed by atoms with van der Waals surface area (Å²) in [5, 5.41) is 0.621. The zero-order valence-corrected chi connectivity index (χ0v) is 14.6. The Hall–Kier alpha value is -2.53. The predicted octanol–water partition coefficient (Wildman–Crippen LogP) is 4.27. The first-order valence-electron chi connectivity index (χ1n) is 8.52. The normalized spacial score (nSPS) is 25.0. The molecule has 0 N–H and O–H groups in total. The summed E-state index contributed by atoms with van der Waals surface area (Å²) in [7, 11) is 0. The Balaban J connectivity index is 1.44. The predicted molar refractivity (Wildman–Crippen MR) is 94.6 cm³/mol. The lowest BCUT2D eigenvalue weighted by Gasteiger charge is -2.37. The Bertz CT molecular complexity index is 838. The smallest absolute Gasteiger partial charge is 0.374 e. The van der Waals surface area contributed by atoms with Gasteiger partial charge in [-0.15, -0.1) is 0 Å². The molecule has 1 aliphatic heterocycles. The number of hydrogen-bond acceptors (Lipinski definition) is 5. The molecule has 0 amide bonds. The molecular weight excluding hydrogens is 356 g/mol. The summed E-state index contributed by atoms with van der Waals surface area (Å²) in [5.74, 6) is -0.459. The number of Topliss-reactive ketones (excluding diaryl/α,β-unsaturated/α-hetero) is 1. The van der Waals surface area contributed by atoms with Crippen molar-refractivity contribution in [2.75, 3.05) is 0 Å². The third-order valence-electron chi connectivity index (χ3n) is 4.86. The molecule has 4 rings (SSSR count). The van der Waals surface area contributed by atoms with Crippen LogP contribution in [0.1, 0.15) is 35.4 Å². The molecule has 2 aliphatic rings. The van der Waals surface area contributed by atoms with E-state index in [9.17, 15) is 9.59 Å². The van der Waals surface area contributed by atoms with Gasteiger partial charge in [-0.3, -0.25) is 4.79 Å². The third-order valence-corrected chi connectivity index (χ3v) is 5.11. The highest BCUT2D eigenvalue weighted by molar-refractivity contribution is 6.30. The molecule has 1 saturated carbocycles. The van der Waals surface area contributed by atoms with Crippen molar-refractivity contribution in [2.24, 2.45) is 5.92 Å². The fourth-order valence-corrected chi connectivity index (χ4v) is 3.63. The van der Waals surface area contributed by atoms with Gasteiger partial charge >= 0.3 is 5.97 Å². The first-order valence-corrected chi connectivity index (χ1v) is 8.90. The lowest BCUT2D eigenvalue weighted by molar-refractivity contribution is -0.126. The van der Waals surface area contributed by atoms with Crippen LogP contribution in [-0.2, 0) is 14.3 Å². The Kier molecular flexibility index (Phi) is 4.55. The fourth-order valence-electron chi connectivity index (χ4n) is 3.51. The molecule has 5 nitrogen and oxygen atoms in total. The van der Waals surface area contributed by atoms with Crippen LogP contribution in [0.25, 0.3) is 5.57 Å². The lowest BCUT2D eigenvalue weighted by atomic mass is 9.78. The summed E-state index contributed by atoms with van der Waals surface area (Å²) in [6.07, 6.45) is 4.12. The van der Waals surface area contributed by atoms with Crippen LogP contribution in [0.5, 0.6) is 0 Å². The minimum atomic E-state index is -0.488. The Morgan fingerprint density at radius 3 is 2.69 bits per heavy atom. The molecule has 3 atom stereocenters. The van der Waals surface area contributed by atoms with Crippen LogP contribution in [-0.4, -0.2) is 24.0 Å². The topological polar surface area (TPSA) is 65.7 Å². The van der Waals surface area contributed by atoms with Crippen LogP contribution in [0.15, 0.2) is 53.3 Å². The maximum absolute atomic E-state index is 12.9. The van der Waals surface area contributed by atoms with Crippen molar-refractivity contribution in [2.45, 2.75) is 31.5 Å². The highest BCUT2D eigenvalue weighted by Crippen LogP contribution is 2.37. The van der Waals surface area contributed by atoms with Gasteiger partial charge in [0.05, 0.1) is 24.0 Å². The minimum Gasteiger partial charge on any atom is -0.496 e. The Morgan fingerprint density at radius 2 is 1.96 bits per heavy atom. The molecule has 134 valence electrons. The summed E-state index contributed by atoms with van der Waals surface area (Å²) in [6.45, 7) is 0. The number of furan rings is 1. The van der Waals surface area contributed by atoms with Gasteiger partial charge in [-0.25, -0.2) is 4.79 Å². The van der Waals surface area contributed by atoms with Crippen LogP contribution < -0.4 is 0 Å². The van der Waals surface area contributed by atoms with E-state index in [4.69, 9.17) is 25.5 Å². The largest absolute Gasteiger partial charge is 0.496 e. The summed E-state index contributed by atoms with van der Waals surface area (Å²) in [4.78, 5) is 24.9. The second-order valence-electron chi connectivity index (χ2n) is 6.50. The number of halogens is 1. The number of esters is 1. The van der Waals surface area contributed by atoms with Gasteiger partial charge in [-0.05, 0) is 42.7 Å². The lowest BCUT2D eigenvalue weighted by Crippen LogP contribution is -2.41. The summed E-state index contributed by atoms with van der Waals surface area (Å²) in [6, 6.07) is 10.3. The average molecular weight is 373 g/mol. The van der Waals surface area contributed by atoms with E-state index in [1.165, 1.54) is 12.5 Å². The molecule has 1 aliphatic carbocycles. The highest BCUT2D eigenvalue weighted by Gasteiger charge is 2.41. The first-order chi connectivity index (χ1) is 12.6. The van der Waals surface area contributed by atoms with Crippen LogP contribution >= 0.6 is 11.6 Å². The van der Waals surface area contributed by atoms with Gasteiger partial charge in [0, 0.05) is 11.4 Å². The molecule has 3 unspecified atom stereocenters. The highest BCUT2D eigenvalue weighted by atomic mass is 35.5. The number of ether oxygens (including phenoxy) is 2. The molecule has 0 radical (unpaired) electrons. The summed E-state index contributed by atoms with van der Waals surface area (Å²) >= 11 is 5.91. The number of allylic oxidation sites excluding steroid dienone is 1. The number of ketones is 1. The van der Waals surface area contributed by atoms with Crippen LogP contribution in [0.2, 0.25) is 5.02 Å². The minimum absolute atomic E-state index is 0.0689. The van der Waals surface area contributed by atoms with Gasteiger partial charge in [0.1, 0.15) is 12.2 Å². The molecule has 6 heteroatoms. The number of carbonyl (C=O) groups excluding carboxylic acids is 2. The van der Waals surface area contributed by atoms with Gasteiger partial charge in [0.25, 0.3) is 0 Å². The number of rotatable bonds is 3. The van der Waals surface area contributed by atoms with E-state index in [-0.39, 0.29) is 29.7 Å². The number of hydrogen-bond donors (Lipinski definition) is 0. The van der Waals surface area contributed by atoms with Gasteiger partial charge in [-0.1, -0.05) is 23.7 Å². The molecular formula is C20H17ClO5. The molecule has 0 bridgehead atoms. The van der Waals surface area contributed by atoms with E-state index in [1.54, 1.807) is 24.3 Å². The van der Waals surface area contributed by atoms with Crippen molar-refractivity contribution in [1.29, 1.82) is 0 Å². The fraction of sp³-hybridized carbons (Fsp3) is 0.300. The van der Waals surface area contributed by atoms with E-state index < -0.39 is 5.97 Å². The maximum atomic E-state index is 12.9. The van der Waals surface area contributed by atoms with Crippen molar-refractivity contribution < 1.29 is 23.5 Å². The molecule has 1 aromatic carbocycles. The van der Waals surface area contributed by atoms with Gasteiger partial charge in [-0.2, -0.15) is 0 Å². The van der Waals surface area contributed by atoms with E-state index in [1.807, 2.05) is 12.1 Å². The monoisotopic (exact) mass is 372 g/mol. The quantitative estimate of drug-likeness (QED) is 0.753. The molecule has 26 heavy (non-hydrogen) atoms. The van der Waals surface area contributed by atoms with Crippen LogP contribution in [0.3, 0.4) is 0 Å². The van der Waals surface area contributed by atoms with Gasteiger partial charge < -0.3 is 13.9 Å². The average Bonchev–Trinajstić information content (AvgIpc) is 3.18. The molecule has 2 heterocycles. The molecule has 1 aromatic heterocycles. The zero-order valence-electron chi connectivity index (χ0n) is 13.9. The molecule has 1 fully saturated rings. The van der Waals surface area contributed by atoms with Crippen molar-refractivity contribution in [3.05, 3.63) is 65.3 Å². The summed E-state index contributed by atoms with van der Waals surface area (Å²) < 4.78 is 16.4.